The van der Waals surface area contributed by atoms with Crippen molar-refractivity contribution in [3.8, 4) is 0 Å². The minimum Gasteiger partial charge on any atom is -0.469 e. The van der Waals surface area contributed by atoms with Crippen LogP contribution in [0.15, 0.2) is 0 Å². The van der Waals surface area contributed by atoms with Crippen LogP contribution in [0.3, 0.4) is 0 Å². The number of esters is 1. The number of carbonyl (C=O) groups excluding carboxylic acids is 1. The zero-order valence-corrected chi connectivity index (χ0v) is 10.1. The van der Waals surface area contributed by atoms with Gasteiger partial charge < -0.3 is 4.74 Å². The SMILES string of the molecule is COC(=O)C12CCC(I)(CC1)CC2. The van der Waals surface area contributed by atoms with Gasteiger partial charge in [0, 0.05) is 3.42 Å². The van der Waals surface area contributed by atoms with E-state index in [9.17, 15) is 4.79 Å². The number of hydrogen-bond acceptors (Lipinski definition) is 2. The number of methoxy groups -OCH3 is 1. The molecule has 0 atom stereocenters. The molecule has 0 unspecified atom stereocenters. The van der Waals surface area contributed by atoms with Crippen LogP contribution >= 0.6 is 22.6 Å². The van der Waals surface area contributed by atoms with Gasteiger partial charge in [-0.25, -0.2) is 0 Å². The van der Waals surface area contributed by atoms with E-state index in [-0.39, 0.29) is 11.4 Å². The normalized spacial score (nSPS) is 43.2. The molecule has 3 heteroatoms. The van der Waals surface area contributed by atoms with E-state index in [1.54, 1.807) is 0 Å². The lowest BCUT2D eigenvalue weighted by Gasteiger charge is -2.49. The van der Waals surface area contributed by atoms with Gasteiger partial charge in [0.05, 0.1) is 12.5 Å². The Balaban J connectivity index is 2.15. The maximum absolute atomic E-state index is 11.6. The number of fused-ring (bicyclic) bond motifs is 3. The predicted octanol–water partition coefficient (Wildman–Crippen LogP) is 2.69. The third kappa shape index (κ3) is 1.49. The van der Waals surface area contributed by atoms with E-state index in [0.717, 1.165) is 19.3 Å². The average molecular weight is 294 g/mol. The molecule has 0 aromatic heterocycles. The van der Waals surface area contributed by atoms with Crippen LogP contribution in [0.2, 0.25) is 0 Å². The summed E-state index contributed by atoms with van der Waals surface area (Å²) in [5.41, 5.74) is -0.0956. The van der Waals surface area contributed by atoms with Crippen molar-refractivity contribution >= 4 is 28.6 Å². The molecule has 3 fully saturated rings. The molecule has 0 spiro atoms. The molecule has 3 aliphatic carbocycles. The second kappa shape index (κ2) is 3.11. The second-order valence-corrected chi connectivity index (χ2v) is 6.71. The smallest absolute Gasteiger partial charge is 0.311 e. The summed E-state index contributed by atoms with van der Waals surface area (Å²) in [5.74, 6) is 0.0330. The van der Waals surface area contributed by atoms with Gasteiger partial charge in [-0.1, -0.05) is 22.6 Å². The minimum atomic E-state index is -0.0956. The largest absolute Gasteiger partial charge is 0.469 e. The van der Waals surface area contributed by atoms with E-state index >= 15 is 0 Å². The highest BCUT2D eigenvalue weighted by molar-refractivity contribution is 14.1. The van der Waals surface area contributed by atoms with Crippen LogP contribution in [0, 0.1) is 5.41 Å². The Kier molecular flexibility index (Phi) is 2.33. The van der Waals surface area contributed by atoms with Gasteiger partial charge in [-0.2, -0.15) is 0 Å². The van der Waals surface area contributed by atoms with Crippen LogP contribution in [0.1, 0.15) is 38.5 Å². The minimum absolute atomic E-state index is 0.0330. The monoisotopic (exact) mass is 294 g/mol. The number of ether oxygens (including phenoxy) is 1. The lowest BCUT2D eigenvalue weighted by Crippen LogP contribution is -2.46. The molecule has 0 radical (unpaired) electrons. The lowest BCUT2D eigenvalue weighted by atomic mass is 9.61. The Morgan fingerprint density at radius 2 is 1.62 bits per heavy atom. The maximum atomic E-state index is 11.6. The van der Waals surface area contributed by atoms with Gasteiger partial charge in [0.2, 0.25) is 0 Å². The number of alkyl halides is 1. The first-order valence-corrected chi connectivity index (χ1v) is 5.96. The highest BCUT2D eigenvalue weighted by Gasteiger charge is 2.51. The maximum Gasteiger partial charge on any atom is 0.311 e. The van der Waals surface area contributed by atoms with Crippen LogP contribution in [-0.4, -0.2) is 16.5 Å². The highest BCUT2D eigenvalue weighted by atomic mass is 127. The molecule has 0 aromatic carbocycles. The average Bonchev–Trinajstić information content (AvgIpc) is 2.18. The summed E-state index contributed by atoms with van der Waals surface area (Å²) in [4.78, 5) is 11.6. The molecule has 3 saturated carbocycles. The van der Waals surface area contributed by atoms with E-state index < -0.39 is 0 Å². The molecule has 0 aromatic rings. The van der Waals surface area contributed by atoms with E-state index in [1.807, 2.05) is 0 Å². The van der Waals surface area contributed by atoms with Crippen LogP contribution in [0.25, 0.3) is 0 Å². The Morgan fingerprint density at radius 1 is 1.15 bits per heavy atom. The molecule has 2 bridgehead atoms. The molecule has 0 saturated heterocycles. The predicted molar refractivity (Wildman–Crippen MR) is 58.9 cm³/mol. The van der Waals surface area contributed by atoms with Gasteiger partial charge in [0.15, 0.2) is 0 Å². The molecule has 0 N–H and O–H groups in total. The summed E-state index contributed by atoms with van der Waals surface area (Å²) in [5, 5.41) is 0. The first-order valence-electron chi connectivity index (χ1n) is 4.88. The zero-order chi connectivity index (χ0) is 9.53. The van der Waals surface area contributed by atoms with Gasteiger partial charge in [0.25, 0.3) is 0 Å². The number of halogens is 1. The van der Waals surface area contributed by atoms with E-state index in [1.165, 1.54) is 26.4 Å². The molecule has 13 heavy (non-hydrogen) atoms. The fourth-order valence-corrected chi connectivity index (χ4v) is 3.47. The van der Waals surface area contributed by atoms with Crippen molar-refractivity contribution in [3.63, 3.8) is 0 Å². The summed E-state index contributed by atoms with van der Waals surface area (Å²) in [6.07, 6.45) is 6.72. The van der Waals surface area contributed by atoms with Crippen molar-refractivity contribution in [1.82, 2.24) is 0 Å². The highest BCUT2D eigenvalue weighted by Crippen LogP contribution is 2.56. The van der Waals surface area contributed by atoms with Crippen LogP contribution in [0.5, 0.6) is 0 Å². The first-order chi connectivity index (χ1) is 6.10. The Labute approximate surface area is 92.5 Å². The summed E-state index contributed by atoms with van der Waals surface area (Å²) in [7, 11) is 1.51. The summed E-state index contributed by atoms with van der Waals surface area (Å²) >= 11 is 2.58. The van der Waals surface area contributed by atoms with Crippen LogP contribution in [-0.2, 0) is 9.53 Å². The van der Waals surface area contributed by atoms with Crippen molar-refractivity contribution in [2.75, 3.05) is 7.11 Å². The molecule has 3 rings (SSSR count). The molecule has 0 aliphatic heterocycles. The Morgan fingerprint density at radius 3 is 2.00 bits per heavy atom. The standard InChI is InChI=1S/C10H15IO2/c1-13-8(12)9-2-5-10(11,6-3-9)7-4-9/h2-7H2,1H3. The van der Waals surface area contributed by atoms with Crippen LogP contribution in [0.4, 0.5) is 0 Å². The molecule has 0 amide bonds. The fourth-order valence-electron chi connectivity index (χ4n) is 2.66. The Bertz CT molecular complexity index is 213. The van der Waals surface area contributed by atoms with Crippen LogP contribution < -0.4 is 0 Å². The van der Waals surface area contributed by atoms with E-state index in [0.29, 0.717) is 3.42 Å². The van der Waals surface area contributed by atoms with Gasteiger partial charge in [0.1, 0.15) is 0 Å². The quantitative estimate of drug-likeness (QED) is 0.422. The van der Waals surface area contributed by atoms with Crippen molar-refractivity contribution < 1.29 is 9.53 Å². The van der Waals surface area contributed by atoms with Crippen molar-refractivity contribution in [2.45, 2.75) is 41.9 Å². The molecule has 74 valence electrons. The molecular formula is C10H15IO2. The van der Waals surface area contributed by atoms with E-state index in [2.05, 4.69) is 22.6 Å². The summed E-state index contributed by atoms with van der Waals surface area (Å²) < 4.78 is 5.41. The zero-order valence-electron chi connectivity index (χ0n) is 7.94. The number of carbonyl (C=O) groups is 1. The summed E-state index contributed by atoms with van der Waals surface area (Å²) in [6.45, 7) is 0. The van der Waals surface area contributed by atoms with Gasteiger partial charge in [-0.05, 0) is 38.5 Å². The second-order valence-electron chi connectivity index (χ2n) is 4.42. The van der Waals surface area contributed by atoms with Crippen molar-refractivity contribution in [2.24, 2.45) is 5.41 Å². The van der Waals surface area contributed by atoms with Gasteiger partial charge in [-0.3, -0.25) is 4.79 Å². The van der Waals surface area contributed by atoms with E-state index in [4.69, 9.17) is 4.74 Å². The third-order valence-electron chi connectivity index (χ3n) is 3.77. The lowest BCUT2D eigenvalue weighted by molar-refractivity contribution is -0.158. The summed E-state index contributed by atoms with van der Waals surface area (Å²) in [6, 6.07) is 0. The van der Waals surface area contributed by atoms with Gasteiger partial charge in [-0.15, -0.1) is 0 Å². The molecular weight excluding hydrogens is 279 g/mol. The molecule has 2 nitrogen and oxygen atoms in total. The number of rotatable bonds is 1. The Hall–Kier alpha value is 0.200. The fraction of sp³-hybridized carbons (Fsp3) is 0.900. The van der Waals surface area contributed by atoms with Gasteiger partial charge >= 0.3 is 5.97 Å². The topological polar surface area (TPSA) is 26.3 Å². The third-order valence-corrected chi connectivity index (χ3v) is 5.39. The van der Waals surface area contributed by atoms with Crippen molar-refractivity contribution in [3.05, 3.63) is 0 Å². The molecule has 0 heterocycles. The molecule has 3 aliphatic rings. The number of hydrogen-bond donors (Lipinski definition) is 0. The first kappa shape index (κ1) is 9.74. The van der Waals surface area contributed by atoms with Crippen molar-refractivity contribution in [1.29, 1.82) is 0 Å².